The lowest BCUT2D eigenvalue weighted by Gasteiger charge is -2.43. The minimum Gasteiger partial charge on any atom is -0.487 e. The highest BCUT2D eigenvalue weighted by Crippen LogP contribution is 2.40. The van der Waals surface area contributed by atoms with Gasteiger partial charge >= 0.3 is 0 Å². The summed E-state index contributed by atoms with van der Waals surface area (Å²) in [5.41, 5.74) is 3.14. The predicted molar refractivity (Wildman–Crippen MR) is 133 cm³/mol. The highest BCUT2D eigenvalue weighted by Gasteiger charge is 2.48. The Morgan fingerprint density at radius 1 is 1.23 bits per heavy atom. The first-order valence-corrected chi connectivity index (χ1v) is 13.4. The summed E-state index contributed by atoms with van der Waals surface area (Å²) in [6, 6.07) is 14.5. The number of hydroxylamine groups is 1. The molecule has 1 unspecified atom stereocenters. The second-order valence-corrected chi connectivity index (χ2v) is 12.1. The topological polar surface area (TPSA) is 118 Å². The van der Waals surface area contributed by atoms with Crippen molar-refractivity contribution in [1.29, 1.82) is 0 Å². The van der Waals surface area contributed by atoms with E-state index >= 15 is 0 Å². The van der Waals surface area contributed by atoms with Crippen LogP contribution in [0.3, 0.4) is 0 Å². The third-order valence-electron chi connectivity index (χ3n) is 5.90. The van der Waals surface area contributed by atoms with Gasteiger partial charge in [0.1, 0.15) is 23.3 Å². The van der Waals surface area contributed by atoms with Crippen molar-refractivity contribution in [2.24, 2.45) is 0 Å². The summed E-state index contributed by atoms with van der Waals surface area (Å²) in [6.45, 7) is 3.76. The summed E-state index contributed by atoms with van der Waals surface area (Å²) in [4.78, 5) is 16.9. The molecular weight excluding hydrogens is 490 g/mol. The van der Waals surface area contributed by atoms with Gasteiger partial charge in [0.25, 0.3) is 5.91 Å². The molecule has 3 aromatic rings. The molecule has 1 saturated heterocycles. The number of amides is 1. The number of carbonyl (C=O) groups is 1. The fourth-order valence-electron chi connectivity index (χ4n) is 4.23. The van der Waals surface area contributed by atoms with Crippen LogP contribution in [0.2, 0.25) is 0 Å². The van der Waals surface area contributed by atoms with E-state index in [1.165, 1.54) is 24.9 Å². The number of fused-ring (bicyclic) bond motifs is 1. The van der Waals surface area contributed by atoms with Crippen molar-refractivity contribution in [3.8, 4) is 11.6 Å². The van der Waals surface area contributed by atoms with E-state index < -0.39 is 26.7 Å². The molecule has 0 bridgehead atoms. The van der Waals surface area contributed by atoms with Crippen LogP contribution in [0.15, 0.2) is 59.5 Å². The summed E-state index contributed by atoms with van der Waals surface area (Å²) in [7, 11) is -2.61. The second-order valence-electron chi connectivity index (χ2n) is 8.52. The highest BCUT2D eigenvalue weighted by atomic mass is 32.2. The number of nitrogens with one attached hydrogen (secondary N) is 1. The third kappa shape index (κ3) is 4.94. The monoisotopic (exact) mass is 517 g/mol. The molecular formula is C24H27N3O6S2. The Balaban J connectivity index is 1.69. The Hall–Kier alpha value is -2.86. The van der Waals surface area contributed by atoms with Crippen LogP contribution in [0, 0.1) is 0 Å². The van der Waals surface area contributed by atoms with Crippen molar-refractivity contribution in [2.45, 2.75) is 36.1 Å². The van der Waals surface area contributed by atoms with Crippen molar-refractivity contribution in [1.82, 2.24) is 14.8 Å². The van der Waals surface area contributed by atoms with Crippen LogP contribution in [-0.4, -0.2) is 59.0 Å². The van der Waals surface area contributed by atoms with Crippen molar-refractivity contribution < 1.29 is 27.9 Å². The number of sulfonamides is 1. The lowest BCUT2D eigenvalue weighted by Crippen LogP contribution is -2.61. The highest BCUT2D eigenvalue weighted by molar-refractivity contribution is 8.01. The number of pyridine rings is 1. The fourth-order valence-corrected chi connectivity index (χ4v) is 7.47. The van der Waals surface area contributed by atoms with E-state index in [2.05, 4.69) is 4.98 Å². The summed E-state index contributed by atoms with van der Waals surface area (Å²) in [5, 5.41) is 10.2. The molecule has 1 aliphatic rings. The van der Waals surface area contributed by atoms with Crippen LogP contribution in [0.5, 0.6) is 11.6 Å². The predicted octanol–water partition coefficient (Wildman–Crippen LogP) is 3.21. The van der Waals surface area contributed by atoms with Crippen molar-refractivity contribution >= 4 is 38.6 Å². The van der Waals surface area contributed by atoms with Gasteiger partial charge in [0.2, 0.25) is 15.9 Å². The average Bonchev–Trinajstić information content (AvgIpc) is 2.86. The molecule has 1 atom stereocenters. The van der Waals surface area contributed by atoms with E-state index in [4.69, 9.17) is 9.47 Å². The number of nitrogens with zero attached hydrogens (tertiary/aromatic N) is 2. The molecule has 1 aliphatic heterocycles. The molecule has 2 N–H and O–H groups in total. The number of rotatable bonds is 7. The molecule has 2 aromatic carbocycles. The number of para-hydroxylation sites is 2. The van der Waals surface area contributed by atoms with Crippen molar-refractivity contribution in [3.05, 3.63) is 60.2 Å². The smallest absolute Gasteiger partial charge is 0.263 e. The van der Waals surface area contributed by atoms with Gasteiger partial charge in [-0.2, -0.15) is 16.1 Å². The zero-order chi connectivity index (χ0) is 25.2. The van der Waals surface area contributed by atoms with Crippen LogP contribution in [-0.2, 0) is 21.4 Å². The lowest BCUT2D eigenvalue weighted by molar-refractivity contribution is -0.134. The van der Waals surface area contributed by atoms with Gasteiger partial charge in [-0.25, -0.2) is 18.9 Å². The SMILES string of the molecule is COc1cc(COc2ccccc2S(=O)(=O)N2CCSC(C)(C)C2C(=O)NO)c2ccccc2n1. The Bertz CT molecular complexity index is 1350. The quantitative estimate of drug-likeness (QED) is 0.362. The molecule has 0 radical (unpaired) electrons. The first-order valence-electron chi connectivity index (χ1n) is 10.9. The molecule has 186 valence electrons. The van der Waals surface area contributed by atoms with Crippen molar-refractivity contribution in [2.75, 3.05) is 19.4 Å². The standard InChI is InChI=1S/C24H27N3O6S2/c1-24(2)22(23(28)26-29)27(12-13-34-24)35(30,31)20-11-7-6-10-19(20)33-15-16-14-21(32-3)25-18-9-5-4-8-17(16)18/h4-11,14,22,29H,12-13,15H2,1-3H3,(H,26,28). The molecule has 0 spiro atoms. The zero-order valence-electron chi connectivity index (χ0n) is 19.6. The summed E-state index contributed by atoms with van der Waals surface area (Å²) < 4.78 is 39.3. The number of carbonyl (C=O) groups excluding carboxylic acids is 1. The maximum absolute atomic E-state index is 13.8. The maximum Gasteiger partial charge on any atom is 0.263 e. The van der Waals surface area contributed by atoms with E-state index in [1.54, 1.807) is 43.6 Å². The third-order valence-corrected chi connectivity index (χ3v) is 9.16. The van der Waals surface area contributed by atoms with Gasteiger partial charge in [0.15, 0.2) is 0 Å². The number of thioether (sulfide) groups is 1. The van der Waals surface area contributed by atoms with E-state index in [1.807, 2.05) is 24.3 Å². The number of hydrogen-bond acceptors (Lipinski definition) is 8. The molecule has 4 rings (SSSR count). The lowest BCUT2D eigenvalue weighted by atomic mass is 10.0. The molecule has 1 aromatic heterocycles. The van der Waals surface area contributed by atoms with Crippen LogP contribution in [0.4, 0.5) is 0 Å². The summed E-state index contributed by atoms with van der Waals surface area (Å²) in [5.74, 6) is 0.313. The normalized spacial score (nSPS) is 18.2. The van der Waals surface area contributed by atoms with Gasteiger partial charge in [-0.05, 0) is 32.0 Å². The number of benzene rings is 2. The number of aromatic nitrogens is 1. The average molecular weight is 518 g/mol. The molecule has 0 saturated carbocycles. The molecule has 2 heterocycles. The largest absolute Gasteiger partial charge is 0.487 e. The van der Waals surface area contributed by atoms with Gasteiger partial charge in [-0.15, -0.1) is 0 Å². The summed E-state index contributed by atoms with van der Waals surface area (Å²) in [6.07, 6.45) is 0. The molecule has 1 fully saturated rings. The fraction of sp³-hybridized carbons (Fsp3) is 0.333. The Labute approximate surface area is 208 Å². The minimum absolute atomic E-state index is 0.0521. The Kier molecular flexibility index (Phi) is 7.22. The van der Waals surface area contributed by atoms with E-state index in [0.717, 1.165) is 20.8 Å². The molecule has 1 amide bonds. The molecule has 11 heteroatoms. The summed E-state index contributed by atoms with van der Waals surface area (Å²) >= 11 is 1.48. The second kappa shape index (κ2) is 10.0. The Morgan fingerprint density at radius 3 is 2.69 bits per heavy atom. The molecule has 0 aliphatic carbocycles. The number of ether oxygens (including phenoxy) is 2. The van der Waals surface area contributed by atoms with Gasteiger partial charge in [0.05, 0.1) is 12.6 Å². The first-order chi connectivity index (χ1) is 16.7. The van der Waals surface area contributed by atoms with Crippen LogP contribution < -0.4 is 15.0 Å². The zero-order valence-corrected chi connectivity index (χ0v) is 21.2. The number of hydrogen-bond donors (Lipinski definition) is 2. The van der Waals surface area contributed by atoms with Crippen molar-refractivity contribution in [3.63, 3.8) is 0 Å². The van der Waals surface area contributed by atoms with Gasteiger partial charge in [-0.3, -0.25) is 10.0 Å². The molecule has 9 nitrogen and oxygen atoms in total. The molecule has 35 heavy (non-hydrogen) atoms. The number of methoxy groups -OCH3 is 1. The van der Waals surface area contributed by atoms with Gasteiger partial charge < -0.3 is 9.47 Å². The Morgan fingerprint density at radius 2 is 1.94 bits per heavy atom. The first kappa shape index (κ1) is 25.2. The van der Waals surface area contributed by atoms with E-state index in [0.29, 0.717) is 11.6 Å². The van der Waals surface area contributed by atoms with E-state index in [-0.39, 0.29) is 23.8 Å². The van der Waals surface area contributed by atoms with Crippen LogP contribution in [0.25, 0.3) is 10.9 Å². The van der Waals surface area contributed by atoms with Gasteiger partial charge in [-0.1, -0.05) is 30.3 Å². The van der Waals surface area contributed by atoms with E-state index in [9.17, 15) is 18.4 Å². The minimum atomic E-state index is -4.14. The van der Waals surface area contributed by atoms with Gasteiger partial charge in [0, 0.05) is 34.1 Å². The van der Waals surface area contributed by atoms with Crippen LogP contribution >= 0.6 is 11.8 Å². The maximum atomic E-state index is 13.8. The van der Waals surface area contributed by atoms with Crippen LogP contribution in [0.1, 0.15) is 19.4 Å².